The molecule has 28 heavy (non-hydrogen) atoms. The standard InChI is InChI=1S/C20H22N6O2/c21-8-1-2-9-22-18-13-14(6-10-23-18)17-7-11-24-20(26-17)25-16-5-3-4-15(12-16)19(27)28/h3-7,10-13H,1-2,8-9,21H2,(H,22,23)(H,27,28)(H,24,25,26). The van der Waals surface area contributed by atoms with E-state index in [9.17, 15) is 4.79 Å². The summed E-state index contributed by atoms with van der Waals surface area (Å²) in [6.07, 6.45) is 5.34. The molecule has 3 rings (SSSR count). The summed E-state index contributed by atoms with van der Waals surface area (Å²) >= 11 is 0. The van der Waals surface area contributed by atoms with Crippen LogP contribution >= 0.6 is 0 Å². The number of carboxylic acids is 1. The van der Waals surface area contributed by atoms with E-state index < -0.39 is 5.97 Å². The maximum Gasteiger partial charge on any atom is 0.335 e. The van der Waals surface area contributed by atoms with Crippen LogP contribution in [-0.4, -0.2) is 39.1 Å². The van der Waals surface area contributed by atoms with Gasteiger partial charge in [0.2, 0.25) is 5.95 Å². The predicted molar refractivity (Wildman–Crippen MR) is 109 cm³/mol. The molecule has 0 saturated heterocycles. The van der Waals surface area contributed by atoms with E-state index in [1.54, 1.807) is 24.5 Å². The van der Waals surface area contributed by atoms with Crippen LogP contribution in [0.1, 0.15) is 23.2 Å². The number of rotatable bonds is 9. The first-order chi connectivity index (χ1) is 13.7. The van der Waals surface area contributed by atoms with Crippen molar-refractivity contribution in [3.63, 3.8) is 0 Å². The quantitative estimate of drug-likeness (QED) is 0.418. The minimum atomic E-state index is -0.985. The first-order valence-electron chi connectivity index (χ1n) is 8.99. The second-order valence-electron chi connectivity index (χ2n) is 6.13. The molecule has 1 aromatic carbocycles. The van der Waals surface area contributed by atoms with E-state index in [-0.39, 0.29) is 5.56 Å². The van der Waals surface area contributed by atoms with Gasteiger partial charge >= 0.3 is 5.97 Å². The average molecular weight is 378 g/mol. The Morgan fingerprint density at radius 2 is 1.93 bits per heavy atom. The molecule has 0 atom stereocenters. The van der Waals surface area contributed by atoms with Gasteiger partial charge in [0.15, 0.2) is 0 Å². The summed E-state index contributed by atoms with van der Waals surface area (Å²) in [7, 11) is 0. The van der Waals surface area contributed by atoms with E-state index in [0.29, 0.717) is 18.2 Å². The Morgan fingerprint density at radius 1 is 1.07 bits per heavy atom. The van der Waals surface area contributed by atoms with Crippen molar-refractivity contribution in [2.75, 3.05) is 23.7 Å². The van der Waals surface area contributed by atoms with Crippen LogP contribution in [0.5, 0.6) is 0 Å². The van der Waals surface area contributed by atoms with Crippen molar-refractivity contribution >= 4 is 23.4 Å². The highest BCUT2D eigenvalue weighted by molar-refractivity contribution is 5.89. The fraction of sp³-hybridized carbons (Fsp3) is 0.200. The number of carboxylic acid groups (broad SMARTS) is 1. The molecule has 5 N–H and O–H groups in total. The molecule has 0 unspecified atom stereocenters. The van der Waals surface area contributed by atoms with Crippen LogP contribution < -0.4 is 16.4 Å². The van der Waals surface area contributed by atoms with Gasteiger partial charge in [-0.15, -0.1) is 0 Å². The summed E-state index contributed by atoms with van der Waals surface area (Å²) in [4.78, 5) is 24.2. The lowest BCUT2D eigenvalue weighted by Gasteiger charge is -2.09. The Kier molecular flexibility index (Phi) is 6.48. The number of unbranched alkanes of at least 4 members (excludes halogenated alkanes) is 1. The van der Waals surface area contributed by atoms with Gasteiger partial charge in [0.25, 0.3) is 0 Å². The van der Waals surface area contributed by atoms with Crippen molar-refractivity contribution in [1.82, 2.24) is 15.0 Å². The van der Waals surface area contributed by atoms with E-state index in [1.165, 1.54) is 12.1 Å². The highest BCUT2D eigenvalue weighted by atomic mass is 16.4. The third-order valence-corrected chi connectivity index (χ3v) is 4.01. The Labute approximate surface area is 162 Å². The molecule has 0 aliphatic carbocycles. The number of pyridine rings is 1. The molecule has 0 radical (unpaired) electrons. The first-order valence-corrected chi connectivity index (χ1v) is 8.99. The van der Waals surface area contributed by atoms with Gasteiger partial charge in [-0.05, 0) is 55.8 Å². The molecule has 2 heterocycles. The van der Waals surface area contributed by atoms with Crippen molar-refractivity contribution in [1.29, 1.82) is 0 Å². The zero-order valence-electron chi connectivity index (χ0n) is 15.3. The third-order valence-electron chi connectivity index (χ3n) is 4.01. The summed E-state index contributed by atoms with van der Waals surface area (Å²) in [5.41, 5.74) is 7.95. The molecule has 3 aromatic rings. The molecule has 2 aromatic heterocycles. The Bertz CT molecular complexity index is 947. The Hall–Kier alpha value is -3.52. The molecule has 0 fully saturated rings. The van der Waals surface area contributed by atoms with Crippen LogP contribution in [-0.2, 0) is 0 Å². The zero-order chi connectivity index (χ0) is 19.8. The van der Waals surface area contributed by atoms with Crippen LogP contribution in [0.15, 0.2) is 54.9 Å². The van der Waals surface area contributed by atoms with Crippen molar-refractivity contribution < 1.29 is 9.90 Å². The van der Waals surface area contributed by atoms with Crippen LogP contribution in [0.3, 0.4) is 0 Å². The number of anilines is 3. The monoisotopic (exact) mass is 378 g/mol. The number of aromatic nitrogens is 3. The lowest BCUT2D eigenvalue weighted by atomic mass is 10.2. The maximum atomic E-state index is 11.1. The second-order valence-corrected chi connectivity index (χ2v) is 6.13. The number of benzene rings is 1. The molecule has 0 spiro atoms. The first kappa shape index (κ1) is 19.2. The molecular formula is C20H22N6O2. The summed E-state index contributed by atoms with van der Waals surface area (Å²) in [6, 6.07) is 12.1. The fourth-order valence-electron chi connectivity index (χ4n) is 2.61. The van der Waals surface area contributed by atoms with Gasteiger partial charge in [-0.2, -0.15) is 0 Å². The SMILES string of the molecule is NCCCCNc1cc(-c2ccnc(Nc3cccc(C(=O)O)c3)n2)ccn1. The van der Waals surface area contributed by atoms with E-state index in [4.69, 9.17) is 10.8 Å². The van der Waals surface area contributed by atoms with Crippen LogP contribution in [0, 0.1) is 0 Å². The fourth-order valence-corrected chi connectivity index (χ4v) is 2.61. The van der Waals surface area contributed by atoms with Gasteiger partial charge in [-0.3, -0.25) is 0 Å². The number of nitrogens with two attached hydrogens (primary N) is 1. The maximum absolute atomic E-state index is 11.1. The smallest absolute Gasteiger partial charge is 0.335 e. The largest absolute Gasteiger partial charge is 0.478 e. The number of hydrogen-bond acceptors (Lipinski definition) is 7. The van der Waals surface area contributed by atoms with Crippen LogP contribution in [0.25, 0.3) is 11.3 Å². The highest BCUT2D eigenvalue weighted by Gasteiger charge is 2.07. The van der Waals surface area contributed by atoms with Gasteiger partial charge < -0.3 is 21.5 Å². The molecule has 0 bridgehead atoms. The third kappa shape index (κ3) is 5.24. The van der Waals surface area contributed by atoms with Crippen molar-refractivity contribution in [3.8, 4) is 11.3 Å². The zero-order valence-corrected chi connectivity index (χ0v) is 15.3. The predicted octanol–water partition coefficient (Wildman–Crippen LogP) is 3.13. The molecule has 0 amide bonds. The lowest BCUT2D eigenvalue weighted by Crippen LogP contribution is -2.06. The minimum Gasteiger partial charge on any atom is -0.478 e. The Balaban J connectivity index is 1.74. The van der Waals surface area contributed by atoms with E-state index in [1.807, 2.05) is 18.2 Å². The molecule has 144 valence electrons. The van der Waals surface area contributed by atoms with Crippen molar-refractivity contribution in [2.24, 2.45) is 5.73 Å². The topological polar surface area (TPSA) is 126 Å². The number of nitrogens with one attached hydrogen (secondary N) is 2. The van der Waals surface area contributed by atoms with Crippen LogP contribution in [0.4, 0.5) is 17.5 Å². The molecule has 0 saturated carbocycles. The summed E-state index contributed by atoms with van der Waals surface area (Å²) in [5.74, 6) is 0.174. The number of nitrogens with zero attached hydrogens (tertiary/aromatic N) is 3. The average Bonchev–Trinajstić information content (AvgIpc) is 2.72. The van der Waals surface area contributed by atoms with Gasteiger partial charge in [0.05, 0.1) is 11.3 Å². The van der Waals surface area contributed by atoms with Gasteiger partial charge in [0, 0.05) is 30.2 Å². The van der Waals surface area contributed by atoms with E-state index in [0.717, 1.165) is 36.5 Å². The van der Waals surface area contributed by atoms with Crippen molar-refractivity contribution in [2.45, 2.75) is 12.8 Å². The highest BCUT2D eigenvalue weighted by Crippen LogP contribution is 2.21. The Morgan fingerprint density at radius 3 is 2.75 bits per heavy atom. The molecule has 8 heteroatoms. The summed E-state index contributed by atoms with van der Waals surface area (Å²) < 4.78 is 0. The normalized spacial score (nSPS) is 10.5. The van der Waals surface area contributed by atoms with Crippen molar-refractivity contribution in [3.05, 3.63) is 60.4 Å². The molecular weight excluding hydrogens is 356 g/mol. The van der Waals surface area contributed by atoms with E-state index >= 15 is 0 Å². The minimum absolute atomic E-state index is 0.195. The number of carbonyl (C=O) groups is 1. The summed E-state index contributed by atoms with van der Waals surface area (Å²) in [6.45, 7) is 1.49. The number of aromatic carboxylic acids is 1. The van der Waals surface area contributed by atoms with Gasteiger partial charge in [-0.1, -0.05) is 6.07 Å². The molecule has 0 aliphatic heterocycles. The summed E-state index contributed by atoms with van der Waals surface area (Å²) in [5, 5.41) is 15.4. The van der Waals surface area contributed by atoms with E-state index in [2.05, 4.69) is 25.6 Å². The molecule has 8 nitrogen and oxygen atoms in total. The lowest BCUT2D eigenvalue weighted by molar-refractivity contribution is 0.0697. The van der Waals surface area contributed by atoms with Crippen LogP contribution in [0.2, 0.25) is 0 Å². The number of hydrogen-bond donors (Lipinski definition) is 4. The molecule has 0 aliphatic rings. The van der Waals surface area contributed by atoms with Gasteiger partial charge in [0.1, 0.15) is 5.82 Å². The van der Waals surface area contributed by atoms with Gasteiger partial charge in [-0.25, -0.2) is 19.7 Å². The second kappa shape index (κ2) is 9.43.